The highest BCUT2D eigenvalue weighted by molar-refractivity contribution is 7.10. The van der Waals surface area contributed by atoms with Gasteiger partial charge in [-0.05, 0) is 29.6 Å². The number of rotatable bonds is 4. The summed E-state index contributed by atoms with van der Waals surface area (Å²) in [6, 6.07) is 8.27. The van der Waals surface area contributed by atoms with Crippen LogP contribution in [0.3, 0.4) is 0 Å². The Morgan fingerprint density at radius 3 is 2.86 bits per heavy atom. The minimum atomic E-state index is -0.366. The molecule has 0 bridgehead atoms. The maximum absolute atomic E-state index is 13.5. The molecule has 0 aliphatic heterocycles. The van der Waals surface area contributed by atoms with Crippen molar-refractivity contribution in [1.29, 1.82) is 0 Å². The van der Waals surface area contributed by atoms with E-state index >= 15 is 0 Å². The molecule has 21 heavy (non-hydrogen) atoms. The van der Waals surface area contributed by atoms with E-state index in [4.69, 9.17) is 11.6 Å². The Balaban J connectivity index is 1.99. The standard InChI is InChI=1S/C15H13ClFN3S/c1-20-5-4-18-15(20)14(13-3-2-6-21-13)19-12-8-10(16)7-11(17)9-12/h2-9,14,19H,1H3. The summed E-state index contributed by atoms with van der Waals surface area (Å²) in [6.07, 6.45) is 3.63. The van der Waals surface area contributed by atoms with E-state index < -0.39 is 0 Å². The van der Waals surface area contributed by atoms with Gasteiger partial charge in [0.25, 0.3) is 0 Å². The van der Waals surface area contributed by atoms with E-state index in [1.807, 2.05) is 35.3 Å². The first kappa shape index (κ1) is 14.1. The molecule has 0 radical (unpaired) electrons. The van der Waals surface area contributed by atoms with Gasteiger partial charge < -0.3 is 9.88 Å². The van der Waals surface area contributed by atoms with E-state index in [1.54, 1.807) is 23.6 Å². The Labute approximate surface area is 131 Å². The minimum Gasteiger partial charge on any atom is -0.371 e. The maximum atomic E-state index is 13.5. The van der Waals surface area contributed by atoms with Crippen molar-refractivity contribution in [1.82, 2.24) is 9.55 Å². The van der Waals surface area contributed by atoms with Crippen LogP contribution in [0.1, 0.15) is 16.7 Å². The number of halogens is 2. The van der Waals surface area contributed by atoms with E-state index in [-0.39, 0.29) is 11.9 Å². The van der Waals surface area contributed by atoms with Crippen LogP contribution in [0.15, 0.2) is 48.1 Å². The van der Waals surface area contributed by atoms with Gasteiger partial charge in [-0.3, -0.25) is 0 Å². The summed E-state index contributed by atoms with van der Waals surface area (Å²) in [7, 11) is 1.93. The second-order valence-corrected chi connectivity index (χ2v) is 6.06. The van der Waals surface area contributed by atoms with Crippen LogP contribution in [0, 0.1) is 5.82 Å². The number of aryl methyl sites for hydroxylation is 1. The number of aromatic nitrogens is 2. The van der Waals surface area contributed by atoms with Crippen molar-refractivity contribution in [2.45, 2.75) is 6.04 Å². The molecule has 3 aromatic rings. The average molecular weight is 322 g/mol. The Morgan fingerprint density at radius 1 is 1.38 bits per heavy atom. The molecule has 1 N–H and O–H groups in total. The summed E-state index contributed by atoms with van der Waals surface area (Å²) >= 11 is 7.54. The number of imidazole rings is 1. The maximum Gasteiger partial charge on any atom is 0.136 e. The number of anilines is 1. The molecular weight excluding hydrogens is 309 g/mol. The number of nitrogens with zero attached hydrogens (tertiary/aromatic N) is 2. The Kier molecular flexibility index (Phi) is 3.94. The van der Waals surface area contributed by atoms with E-state index in [9.17, 15) is 4.39 Å². The van der Waals surface area contributed by atoms with Crippen LogP contribution < -0.4 is 5.32 Å². The molecule has 108 valence electrons. The molecule has 1 aromatic carbocycles. The van der Waals surface area contributed by atoms with Gasteiger partial charge in [-0.2, -0.15) is 0 Å². The van der Waals surface area contributed by atoms with Crippen LogP contribution in [0.4, 0.5) is 10.1 Å². The summed E-state index contributed by atoms with van der Waals surface area (Å²) in [5.41, 5.74) is 0.626. The largest absolute Gasteiger partial charge is 0.371 e. The lowest BCUT2D eigenvalue weighted by Gasteiger charge is -2.19. The fourth-order valence-corrected chi connectivity index (χ4v) is 3.17. The smallest absolute Gasteiger partial charge is 0.136 e. The highest BCUT2D eigenvalue weighted by atomic mass is 35.5. The third-order valence-electron chi connectivity index (χ3n) is 3.12. The molecule has 0 aliphatic carbocycles. The normalized spacial score (nSPS) is 12.3. The topological polar surface area (TPSA) is 29.9 Å². The van der Waals surface area contributed by atoms with Crippen molar-refractivity contribution in [2.24, 2.45) is 7.05 Å². The van der Waals surface area contributed by atoms with Gasteiger partial charge in [0.15, 0.2) is 0 Å². The fraction of sp³-hybridized carbons (Fsp3) is 0.133. The van der Waals surface area contributed by atoms with Crippen molar-refractivity contribution in [2.75, 3.05) is 5.32 Å². The quantitative estimate of drug-likeness (QED) is 0.768. The van der Waals surface area contributed by atoms with Crippen LogP contribution in [0.5, 0.6) is 0 Å². The average Bonchev–Trinajstić information content (AvgIpc) is 3.06. The molecule has 0 amide bonds. The second kappa shape index (κ2) is 5.87. The molecule has 2 heterocycles. The lowest BCUT2D eigenvalue weighted by molar-refractivity contribution is 0.628. The van der Waals surface area contributed by atoms with Gasteiger partial charge in [-0.15, -0.1) is 11.3 Å². The number of benzene rings is 1. The zero-order chi connectivity index (χ0) is 14.8. The molecule has 0 fully saturated rings. The van der Waals surface area contributed by atoms with E-state index in [0.29, 0.717) is 10.7 Å². The highest BCUT2D eigenvalue weighted by Gasteiger charge is 2.19. The SMILES string of the molecule is Cn1ccnc1C(Nc1cc(F)cc(Cl)c1)c1cccs1. The van der Waals surface area contributed by atoms with Crippen LogP contribution in [-0.4, -0.2) is 9.55 Å². The Bertz CT molecular complexity index is 719. The van der Waals surface area contributed by atoms with Gasteiger partial charge in [0.1, 0.15) is 17.7 Å². The van der Waals surface area contributed by atoms with Crippen molar-refractivity contribution in [3.63, 3.8) is 0 Å². The van der Waals surface area contributed by atoms with Crippen molar-refractivity contribution < 1.29 is 4.39 Å². The Morgan fingerprint density at radius 2 is 2.24 bits per heavy atom. The molecule has 0 saturated heterocycles. The number of hydrogen-bond acceptors (Lipinski definition) is 3. The van der Waals surface area contributed by atoms with Crippen LogP contribution >= 0.6 is 22.9 Å². The number of thiophene rings is 1. The summed E-state index contributed by atoms with van der Waals surface area (Å²) in [6.45, 7) is 0. The zero-order valence-electron chi connectivity index (χ0n) is 11.3. The van der Waals surface area contributed by atoms with Gasteiger partial charge >= 0.3 is 0 Å². The van der Waals surface area contributed by atoms with E-state index in [0.717, 1.165) is 10.7 Å². The van der Waals surface area contributed by atoms with Gasteiger partial charge in [0.05, 0.1) is 0 Å². The van der Waals surface area contributed by atoms with Crippen molar-refractivity contribution in [3.8, 4) is 0 Å². The highest BCUT2D eigenvalue weighted by Crippen LogP contribution is 2.30. The monoisotopic (exact) mass is 321 g/mol. The third-order valence-corrected chi connectivity index (χ3v) is 4.27. The van der Waals surface area contributed by atoms with E-state index in [2.05, 4.69) is 10.3 Å². The van der Waals surface area contributed by atoms with Crippen LogP contribution in [0.2, 0.25) is 5.02 Å². The lowest BCUT2D eigenvalue weighted by atomic mass is 10.2. The minimum absolute atomic E-state index is 0.150. The number of nitrogens with one attached hydrogen (secondary N) is 1. The molecular formula is C15H13ClFN3S. The first-order chi connectivity index (χ1) is 10.1. The second-order valence-electron chi connectivity index (χ2n) is 4.65. The third kappa shape index (κ3) is 3.09. The predicted octanol–water partition coefficient (Wildman–Crippen LogP) is 4.48. The fourth-order valence-electron chi connectivity index (χ4n) is 2.18. The Hall–Kier alpha value is -1.85. The zero-order valence-corrected chi connectivity index (χ0v) is 12.8. The van der Waals surface area contributed by atoms with Gasteiger partial charge in [-0.1, -0.05) is 17.7 Å². The summed E-state index contributed by atoms with van der Waals surface area (Å²) < 4.78 is 15.4. The molecule has 0 saturated carbocycles. The summed E-state index contributed by atoms with van der Waals surface area (Å²) in [5, 5.41) is 5.68. The predicted molar refractivity (Wildman–Crippen MR) is 84.4 cm³/mol. The summed E-state index contributed by atoms with van der Waals surface area (Å²) in [5.74, 6) is 0.493. The first-order valence-corrected chi connectivity index (χ1v) is 7.62. The van der Waals surface area contributed by atoms with Gasteiger partial charge in [-0.25, -0.2) is 9.37 Å². The van der Waals surface area contributed by atoms with Crippen LogP contribution in [0.25, 0.3) is 0 Å². The van der Waals surface area contributed by atoms with Gasteiger partial charge in [0, 0.05) is 35.0 Å². The molecule has 1 atom stereocenters. The molecule has 0 spiro atoms. The first-order valence-electron chi connectivity index (χ1n) is 6.37. The molecule has 3 nitrogen and oxygen atoms in total. The molecule has 2 aromatic heterocycles. The van der Waals surface area contributed by atoms with E-state index in [1.165, 1.54) is 12.1 Å². The van der Waals surface area contributed by atoms with Gasteiger partial charge in [0.2, 0.25) is 0 Å². The van der Waals surface area contributed by atoms with Crippen molar-refractivity contribution in [3.05, 3.63) is 69.6 Å². The van der Waals surface area contributed by atoms with Crippen LogP contribution in [-0.2, 0) is 7.05 Å². The summed E-state index contributed by atoms with van der Waals surface area (Å²) in [4.78, 5) is 5.50. The molecule has 1 unspecified atom stereocenters. The molecule has 6 heteroatoms. The number of hydrogen-bond donors (Lipinski definition) is 1. The van der Waals surface area contributed by atoms with Crippen molar-refractivity contribution >= 4 is 28.6 Å². The lowest BCUT2D eigenvalue weighted by Crippen LogP contribution is -2.15. The molecule has 0 aliphatic rings. The molecule has 3 rings (SSSR count).